The molecule has 0 aliphatic carbocycles. The van der Waals surface area contributed by atoms with Crippen molar-refractivity contribution in [3.8, 4) is 0 Å². The molecule has 0 unspecified atom stereocenters. The van der Waals surface area contributed by atoms with Crippen LogP contribution < -0.4 is 10.6 Å². The molecule has 0 spiro atoms. The summed E-state index contributed by atoms with van der Waals surface area (Å²) < 4.78 is 5.49. The van der Waals surface area contributed by atoms with E-state index >= 15 is 0 Å². The largest absolute Gasteiger partial charge is 0.444 e. The van der Waals surface area contributed by atoms with E-state index in [-0.39, 0.29) is 18.3 Å². The fourth-order valence-corrected chi connectivity index (χ4v) is 2.57. The smallest absolute Gasteiger partial charge is 0.252 e. The number of benzene rings is 1. The second-order valence-electron chi connectivity index (χ2n) is 5.12. The first-order valence-corrected chi connectivity index (χ1v) is 7.35. The summed E-state index contributed by atoms with van der Waals surface area (Å²) in [5, 5.41) is 6.21. The first-order valence-electron chi connectivity index (χ1n) is 7.35. The van der Waals surface area contributed by atoms with Gasteiger partial charge in [-0.2, -0.15) is 0 Å². The highest BCUT2D eigenvalue weighted by Gasteiger charge is 2.17. The number of carbonyl (C=O) groups excluding carboxylic acids is 1. The fourth-order valence-electron chi connectivity index (χ4n) is 2.57. The Labute approximate surface area is 135 Å². The van der Waals surface area contributed by atoms with E-state index in [1.165, 1.54) is 0 Å². The van der Waals surface area contributed by atoms with Gasteiger partial charge in [0, 0.05) is 24.2 Å². The van der Waals surface area contributed by atoms with Crippen molar-refractivity contribution in [2.24, 2.45) is 0 Å². The van der Waals surface area contributed by atoms with Crippen LogP contribution in [0, 0.1) is 0 Å². The van der Waals surface area contributed by atoms with Gasteiger partial charge in [0.2, 0.25) is 5.89 Å². The highest BCUT2D eigenvalue weighted by atomic mass is 35.5. The van der Waals surface area contributed by atoms with Crippen LogP contribution in [0.4, 0.5) is 5.69 Å². The van der Waals surface area contributed by atoms with Gasteiger partial charge in [-0.1, -0.05) is 13.0 Å². The lowest BCUT2D eigenvalue weighted by Gasteiger charge is -2.20. The van der Waals surface area contributed by atoms with Gasteiger partial charge in [0.05, 0.1) is 12.7 Å². The molecule has 3 rings (SSSR count). The van der Waals surface area contributed by atoms with Crippen molar-refractivity contribution in [2.75, 3.05) is 11.9 Å². The van der Waals surface area contributed by atoms with Gasteiger partial charge in [-0.15, -0.1) is 12.4 Å². The lowest BCUT2D eigenvalue weighted by Crippen LogP contribution is -2.25. The number of hydrogen-bond donors (Lipinski definition) is 2. The fraction of sp³-hybridized carbons (Fsp3) is 0.375. The summed E-state index contributed by atoms with van der Waals surface area (Å²) >= 11 is 0. The number of hydrogen-bond acceptors (Lipinski definition) is 4. The van der Waals surface area contributed by atoms with Crippen molar-refractivity contribution in [1.82, 2.24) is 10.3 Å². The first-order chi connectivity index (χ1) is 10.3. The van der Waals surface area contributed by atoms with Crippen molar-refractivity contribution < 1.29 is 9.21 Å². The second kappa shape index (κ2) is 7.31. The number of aryl methyl sites for hydroxylation is 1. The Bertz CT molecular complexity index is 655. The molecule has 2 heterocycles. The maximum Gasteiger partial charge on any atom is 0.252 e. The monoisotopic (exact) mass is 321 g/mol. The Hall–Kier alpha value is -2.01. The Balaban J connectivity index is 0.00000176. The zero-order valence-corrected chi connectivity index (χ0v) is 13.3. The van der Waals surface area contributed by atoms with Crippen molar-refractivity contribution in [1.29, 1.82) is 0 Å². The number of aromatic nitrogens is 1. The summed E-state index contributed by atoms with van der Waals surface area (Å²) in [6.45, 7) is 3.29. The molecule has 1 amide bonds. The van der Waals surface area contributed by atoms with Gasteiger partial charge in [-0.25, -0.2) is 4.98 Å². The molecule has 2 aromatic rings. The van der Waals surface area contributed by atoms with Crippen molar-refractivity contribution in [2.45, 2.75) is 32.7 Å². The van der Waals surface area contributed by atoms with Crippen LogP contribution in [0.2, 0.25) is 0 Å². The summed E-state index contributed by atoms with van der Waals surface area (Å²) in [7, 11) is 0. The van der Waals surface area contributed by atoms with Gasteiger partial charge in [-0.3, -0.25) is 4.79 Å². The van der Waals surface area contributed by atoms with Gasteiger partial charge in [0.15, 0.2) is 0 Å². The minimum Gasteiger partial charge on any atom is -0.444 e. The lowest BCUT2D eigenvalue weighted by atomic mass is 9.97. The topological polar surface area (TPSA) is 67.2 Å². The van der Waals surface area contributed by atoms with Gasteiger partial charge in [0.1, 0.15) is 5.76 Å². The molecule has 0 fully saturated rings. The van der Waals surface area contributed by atoms with Gasteiger partial charge >= 0.3 is 0 Å². The maximum atomic E-state index is 12.4. The van der Waals surface area contributed by atoms with Crippen molar-refractivity contribution >= 4 is 24.0 Å². The number of halogens is 1. The molecule has 118 valence electrons. The average Bonchev–Trinajstić information content (AvgIpc) is 3.00. The maximum absolute atomic E-state index is 12.4. The van der Waals surface area contributed by atoms with Crippen LogP contribution in [0.15, 0.2) is 28.8 Å². The third kappa shape index (κ3) is 3.42. The summed E-state index contributed by atoms with van der Waals surface area (Å²) in [5.41, 5.74) is 2.91. The van der Waals surface area contributed by atoms with Gasteiger partial charge in [-0.05, 0) is 30.5 Å². The van der Waals surface area contributed by atoms with E-state index in [4.69, 9.17) is 4.42 Å². The van der Waals surface area contributed by atoms with E-state index in [0.717, 1.165) is 48.4 Å². The van der Waals surface area contributed by atoms with Gasteiger partial charge in [0.25, 0.3) is 5.91 Å². The number of fused-ring (bicyclic) bond motifs is 1. The lowest BCUT2D eigenvalue weighted by molar-refractivity contribution is 0.0946. The molecule has 0 bridgehead atoms. The number of rotatable bonds is 4. The SMILES string of the molecule is CCc1cnc(CNC(=O)c2cccc3c2CCCN3)o1.Cl. The molecule has 6 heteroatoms. The molecule has 2 N–H and O–H groups in total. The van der Waals surface area contributed by atoms with E-state index in [1.807, 2.05) is 25.1 Å². The highest BCUT2D eigenvalue weighted by molar-refractivity contribution is 5.97. The molecule has 1 aliphatic heterocycles. The molecule has 1 aliphatic rings. The average molecular weight is 322 g/mol. The Morgan fingerprint density at radius 2 is 2.32 bits per heavy atom. The minimum atomic E-state index is -0.0770. The summed E-state index contributed by atoms with van der Waals surface area (Å²) in [5.74, 6) is 1.30. The van der Waals surface area contributed by atoms with Crippen LogP contribution in [-0.2, 0) is 19.4 Å². The molecule has 1 aromatic carbocycles. The predicted octanol–water partition coefficient (Wildman–Crippen LogP) is 2.95. The van der Waals surface area contributed by atoms with E-state index in [9.17, 15) is 4.79 Å². The minimum absolute atomic E-state index is 0. The quantitative estimate of drug-likeness (QED) is 0.908. The normalized spacial score (nSPS) is 12.8. The van der Waals surface area contributed by atoms with Crippen LogP contribution in [0.3, 0.4) is 0 Å². The third-order valence-corrected chi connectivity index (χ3v) is 3.69. The van der Waals surface area contributed by atoms with E-state index in [1.54, 1.807) is 6.20 Å². The van der Waals surface area contributed by atoms with Crippen LogP contribution in [0.1, 0.15) is 40.9 Å². The first kappa shape index (κ1) is 16.4. The Morgan fingerprint density at radius 1 is 1.45 bits per heavy atom. The zero-order valence-electron chi connectivity index (χ0n) is 12.5. The molecular weight excluding hydrogens is 302 g/mol. The van der Waals surface area contributed by atoms with Crippen LogP contribution in [0.25, 0.3) is 0 Å². The van der Waals surface area contributed by atoms with E-state index in [0.29, 0.717) is 12.4 Å². The van der Waals surface area contributed by atoms with Crippen LogP contribution >= 0.6 is 12.4 Å². The molecule has 0 radical (unpaired) electrons. The molecule has 0 saturated carbocycles. The highest BCUT2D eigenvalue weighted by Crippen LogP contribution is 2.25. The number of oxazole rings is 1. The van der Waals surface area contributed by atoms with Crippen molar-refractivity contribution in [3.05, 3.63) is 47.2 Å². The van der Waals surface area contributed by atoms with Gasteiger partial charge < -0.3 is 15.1 Å². The number of nitrogens with zero attached hydrogens (tertiary/aromatic N) is 1. The Morgan fingerprint density at radius 3 is 3.09 bits per heavy atom. The van der Waals surface area contributed by atoms with Crippen LogP contribution in [0.5, 0.6) is 0 Å². The number of anilines is 1. The molecule has 1 aromatic heterocycles. The zero-order chi connectivity index (χ0) is 14.7. The van der Waals surface area contributed by atoms with Crippen LogP contribution in [-0.4, -0.2) is 17.4 Å². The standard InChI is InChI=1S/C16H19N3O2.ClH/c1-2-11-9-18-15(21-11)10-19-16(20)13-5-3-7-14-12(13)6-4-8-17-14;/h3,5,7,9,17H,2,4,6,8,10H2,1H3,(H,19,20);1H. The summed E-state index contributed by atoms with van der Waals surface area (Å²) in [6, 6.07) is 5.80. The Kier molecular flexibility index (Phi) is 5.44. The van der Waals surface area contributed by atoms with Crippen molar-refractivity contribution in [3.63, 3.8) is 0 Å². The van der Waals surface area contributed by atoms with E-state index < -0.39 is 0 Å². The number of carbonyl (C=O) groups is 1. The number of nitrogens with one attached hydrogen (secondary N) is 2. The number of amides is 1. The molecule has 22 heavy (non-hydrogen) atoms. The molecule has 5 nitrogen and oxygen atoms in total. The molecular formula is C16H20ClN3O2. The summed E-state index contributed by atoms with van der Waals surface area (Å²) in [6.07, 6.45) is 4.50. The third-order valence-electron chi connectivity index (χ3n) is 3.69. The molecule has 0 atom stereocenters. The predicted molar refractivity (Wildman–Crippen MR) is 87.6 cm³/mol. The molecule has 0 saturated heterocycles. The van der Waals surface area contributed by atoms with E-state index in [2.05, 4.69) is 15.6 Å². The second-order valence-corrected chi connectivity index (χ2v) is 5.12. The summed E-state index contributed by atoms with van der Waals surface area (Å²) in [4.78, 5) is 16.5.